The SMILES string of the molecule is O=C(CCSCc1nc2sc3c(c2c(=O)[nH]1)CCC3)NCc1ccc(Cl)s1. The fourth-order valence-electron chi connectivity index (χ4n) is 3.17. The summed E-state index contributed by atoms with van der Waals surface area (Å²) >= 11 is 10.6. The fraction of sp³-hybridized carbons (Fsp3) is 0.389. The van der Waals surface area contributed by atoms with Crippen molar-refractivity contribution < 1.29 is 4.79 Å². The van der Waals surface area contributed by atoms with E-state index in [4.69, 9.17) is 11.6 Å². The summed E-state index contributed by atoms with van der Waals surface area (Å²) in [7, 11) is 0. The van der Waals surface area contributed by atoms with Gasteiger partial charge in [-0.05, 0) is 37.0 Å². The van der Waals surface area contributed by atoms with Crippen molar-refractivity contribution in [3.63, 3.8) is 0 Å². The topological polar surface area (TPSA) is 74.8 Å². The number of aromatic nitrogens is 2. The number of fused-ring (bicyclic) bond motifs is 3. The van der Waals surface area contributed by atoms with Crippen molar-refractivity contribution in [1.29, 1.82) is 0 Å². The Morgan fingerprint density at radius 2 is 2.22 bits per heavy atom. The molecule has 2 N–H and O–H groups in total. The summed E-state index contributed by atoms with van der Waals surface area (Å²) in [5.74, 6) is 1.98. The van der Waals surface area contributed by atoms with Crippen molar-refractivity contribution in [3.8, 4) is 0 Å². The Labute approximate surface area is 173 Å². The first kappa shape index (κ1) is 19.0. The Hall–Kier alpha value is -1.35. The summed E-state index contributed by atoms with van der Waals surface area (Å²) in [6.07, 6.45) is 3.62. The van der Waals surface area contributed by atoms with Crippen molar-refractivity contribution in [1.82, 2.24) is 15.3 Å². The van der Waals surface area contributed by atoms with E-state index in [-0.39, 0.29) is 11.5 Å². The average Bonchev–Trinajstić information content (AvgIpc) is 3.32. The minimum Gasteiger partial charge on any atom is -0.351 e. The molecule has 0 radical (unpaired) electrons. The van der Waals surface area contributed by atoms with Gasteiger partial charge in [-0.15, -0.1) is 22.7 Å². The van der Waals surface area contributed by atoms with E-state index < -0.39 is 0 Å². The number of H-pyrrole nitrogens is 1. The van der Waals surface area contributed by atoms with Gasteiger partial charge < -0.3 is 10.3 Å². The minimum atomic E-state index is -0.0256. The molecular weight excluding hydrogens is 422 g/mol. The normalized spacial score (nSPS) is 13.2. The van der Waals surface area contributed by atoms with Crippen LogP contribution in [0.15, 0.2) is 16.9 Å². The molecule has 0 bridgehead atoms. The van der Waals surface area contributed by atoms with Gasteiger partial charge in [-0.2, -0.15) is 11.8 Å². The first-order chi connectivity index (χ1) is 13.1. The Kier molecular flexibility index (Phi) is 5.87. The van der Waals surface area contributed by atoms with Crippen molar-refractivity contribution in [3.05, 3.63) is 48.0 Å². The first-order valence-electron chi connectivity index (χ1n) is 8.72. The maximum Gasteiger partial charge on any atom is 0.259 e. The van der Waals surface area contributed by atoms with Gasteiger partial charge in [0.15, 0.2) is 0 Å². The third kappa shape index (κ3) is 4.39. The lowest BCUT2D eigenvalue weighted by Crippen LogP contribution is -2.22. The van der Waals surface area contributed by atoms with Crippen molar-refractivity contribution in [2.24, 2.45) is 0 Å². The minimum absolute atomic E-state index is 0.0126. The van der Waals surface area contributed by atoms with E-state index in [1.165, 1.54) is 21.8 Å². The summed E-state index contributed by atoms with van der Waals surface area (Å²) in [4.78, 5) is 35.1. The molecule has 142 valence electrons. The van der Waals surface area contributed by atoms with E-state index in [0.29, 0.717) is 30.3 Å². The largest absolute Gasteiger partial charge is 0.351 e. The van der Waals surface area contributed by atoms with Gasteiger partial charge in [0.2, 0.25) is 5.91 Å². The maximum absolute atomic E-state index is 12.4. The zero-order valence-electron chi connectivity index (χ0n) is 14.5. The van der Waals surface area contributed by atoms with Crippen LogP contribution in [-0.2, 0) is 29.9 Å². The number of carbonyl (C=O) groups is 1. The van der Waals surface area contributed by atoms with E-state index in [0.717, 1.165) is 38.7 Å². The number of thiophene rings is 2. The molecule has 0 aliphatic heterocycles. The van der Waals surface area contributed by atoms with Gasteiger partial charge in [-0.25, -0.2) is 4.98 Å². The molecule has 0 spiro atoms. The highest BCUT2D eigenvalue weighted by molar-refractivity contribution is 7.98. The zero-order chi connectivity index (χ0) is 18.8. The van der Waals surface area contributed by atoms with Crippen LogP contribution in [0.1, 0.15) is 34.0 Å². The highest BCUT2D eigenvalue weighted by Crippen LogP contribution is 2.34. The molecule has 0 saturated heterocycles. The van der Waals surface area contributed by atoms with Crippen LogP contribution in [-0.4, -0.2) is 21.6 Å². The molecule has 9 heteroatoms. The molecule has 1 aliphatic rings. The van der Waals surface area contributed by atoms with Gasteiger partial charge in [0.1, 0.15) is 10.7 Å². The average molecular weight is 440 g/mol. The van der Waals surface area contributed by atoms with Gasteiger partial charge >= 0.3 is 0 Å². The smallest absolute Gasteiger partial charge is 0.259 e. The van der Waals surface area contributed by atoms with Gasteiger partial charge in [0.05, 0.1) is 22.0 Å². The van der Waals surface area contributed by atoms with Crippen LogP contribution in [0.2, 0.25) is 4.34 Å². The van der Waals surface area contributed by atoms with Gasteiger partial charge in [-0.1, -0.05) is 11.6 Å². The van der Waals surface area contributed by atoms with Crippen LogP contribution in [0.25, 0.3) is 10.2 Å². The van der Waals surface area contributed by atoms with E-state index in [2.05, 4.69) is 15.3 Å². The molecule has 3 aromatic heterocycles. The van der Waals surface area contributed by atoms with E-state index in [1.807, 2.05) is 12.1 Å². The number of aryl methyl sites for hydroxylation is 2. The Balaban J connectivity index is 1.27. The predicted molar refractivity (Wildman–Crippen MR) is 114 cm³/mol. The second-order valence-corrected chi connectivity index (χ2v) is 10.3. The number of thioether (sulfide) groups is 1. The fourth-order valence-corrected chi connectivity index (χ4v) is 6.28. The van der Waals surface area contributed by atoms with Crippen molar-refractivity contribution in [2.45, 2.75) is 38.0 Å². The van der Waals surface area contributed by atoms with Crippen molar-refractivity contribution in [2.75, 3.05) is 5.75 Å². The molecule has 5 nitrogen and oxygen atoms in total. The number of halogens is 1. The molecule has 27 heavy (non-hydrogen) atoms. The molecule has 0 saturated carbocycles. The Bertz CT molecular complexity index is 1040. The standard InChI is InChI=1S/C18H18ClN3O2S3/c19-13-5-4-10(26-13)8-20-15(23)6-7-25-9-14-21-17(24)16-11-2-1-3-12(11)27-18(16)22-14/h4-5H,1-3,6-9H2,(H,20,23)(H,21,22,24). The Morgan fingerprint density at radius 1 is 1.33 bits per heavy atom. The number of nitrogens with one attached hydrogen (secondary N) is 2. The van der Waals surface area contributed by atoms with Gasteiger partial charge in [0.25, 0.3) is 5.56 Å². The number of hydrogen-bond acceptors (Lipinski definition) is 6. The van der Waals surface area contributed by atoms with Gasteiger partial charge in [-0.3, -0.25) is 9.59 Å². The summed E-state index contributed by atoms with van der Waals surface area (Å²) in [6, 6.07) is 3.75. The second kappa shape index (κ2) is 8.34. The van der Waals surface area contributed by atoms with Gasteiger partial charge in [0, 0.05) is 21.9 Å². The van der Waals surface area contributed by atoms with Crippen LogP contribution >= 0.6 is 46.0 Å². The molecule has 1 amide bonds. The lowest BCUT2D eigenvalue weighted by atomic mass is 10.2. The number of carbonyl (C=O) groups excluding carboxylic acids is 1. The molecule has 4 rings (SSSR count). The molecule has 0 atom stereocenters. The first-order valence-corrected chi connectivity index (χ1v) is 11.9. The van der Waals surface area contributed by atoms with Crippen LogP contribution in [0.5, 0.6) is 0 Å². The summed E-state index contributed by atoms with van der Waals surface area (Å²) in [5, 5.41) is 3.68. The van der Waals surface area contributed by atoms with Crippen LogP contribution in [0.4, 0.5) is 0 Å². The number of nitrogens with zero attached hydrogens (tertiary/aromatic N) is 1. The lowest BCUT2D eigenvalue weighted by Gasteiger charge is -2.04. The van der Waals surface area contributed by atoms with Crippen molar-refractivity contribution >= 4 is 62.2 Å². The third-order valence-corrected chi connectivity index (χ3v) is 7.81. The number of amides is 1. The summed E-state index contributed by atoms with van der Waals surface area (Å²) in [6.45, 7) is 0.509. The highest BCUT2D eigenvalue weighted by atomic mass is 35.5. The lowest BCUT2D eigenvalue weighted by molar-refractivity contribution is -0.120. The summed E-state index contributed by atoms with van der Waals surface area (Å²) in [5.41, 5.74) is 1.18. The zero-order valence-corrected chi connectivity index (χ0v) is 17.7. The molecule has 0 aromatic carbocycles. The Morgan fingerprint density at radius 3 is 3.04 bits per heavy atom. The predicted octanol–water partition coefficient (Wildman–Crippen LogP) is 4.13. The molecule has 0 unspecified atom stereocenters. The monoisotopic (exact) mass is 439 g/mol. The highest BCUT2D eigenvalue weighted by Gasteiger charge is 2.21. The molecular formula is C18H18ClN3O2S3. The van der Waals surface area contributed by atoms with E-state index in [1.54, 1.807) is 23.1 Å². The van der Waals surface area contributed by atoms with Crippen LogP contribution < -0.4 is 10.9 Å². The molecule has 0 fully saturated rings. The number of rotatable bonds is 7. The molecule has 3 aromatic rings. The van der Waals surface area contributed by atoms with Crippen LogP contribution in [0.3, 0.4) is 0 Å². The maximum atomic E-state index is 12.4. The van der Waals surface area contributed by atoms with E-state index in [9.17, 15) is 9.59 Å². The number of aromatic amines is 1. The number of hydrogen-bond donors (Lipinski definition) is 2. The van der Waals surface area contributed by atoms with Crippen LogP contribution in [0, 0.1) is 0 Å². The molecule has 1 aliphatic carbocycles. The quantitative estimate of drug-likeness (QED) is 0.543. The van der Waals surface area contributed by atoms with E-state index >= 15 is 0 Å². The second-order valence-electron chi connectivity index (χ2n) is 6.34. The molecule has 3 heterocycles. The third-order valence-electron chi connectivity index (χ3n) is 4.42. The summed E-state index contributed by atoms with van der Waals surface area (Å²) < 4.78 is 0.726.